The van der Waals surface area contributed by atoms with E-state index in [9.17, 15) is 33.8 Å². The molecule has 0 unspecified atom stereocenters. The van der Waals surface area contributed by atoms with Crippen LogP contribution in [-0.4, -0.2) is 87.1 Å². The Balaban J connectivity index is 1.22. The minimum atomic E-state index is -1.83. The normalized spacial score (nSPS) is 17.5. The largest absolute Gasteiger partial charge is 0.478 e. The van der Waals surface area contributed by atoms with Crippen LogP contribution < -0.4 is 21.4 Å². The number of halogens is 2. The number of aliphatic carboxylic acids is 2. The third-order valence-electron chi connectivity index (χ3n) is 8.21. The number of anilines is 1. The Labute approximate surface area is 306 Å². The molecule has 4 aromatic rings. The number of carboxylic acids is 2. The molecule has 52 heavy (non-hydrogen) atoms. The quantitative estimate of drug-likeness (QED) is 0.0394. The number of aromatic nitrogens is 4. The summed E-state index contributed by atoms with van der Waals surface area (Å²) < 4.78 is 22.4. The third-order valence-corrected chi connectivity index (χ3v) is 10.4. The smallest absolute Gasteiger partial charge is 0.352 e. The minimum Gasteiger partial charge on any atom is -0.478 e. The van der Waals surface area contributed by atoms with Crippen LogP contribution in [0.4, 0.5) is 9.52 Å². The molecule has 0 radical (unpaired) electrons. The molecule has 2 amide bonds. The predicted molar refractivity (Wildman–Crippen MR) is 187 cm³/mol. The summed E-state index contributed by atoms with van der Waals surface area (Å²) in [6.07, 6.45) is 5.28. The minimum absolute atomic E-state index is 0.00515. The summed E-state index contributed by atoms with van der Waals surface area (Å²) in [5.74, 6) is -5.35. The van der Waals surface area contributed by atoms with Gasteiger partial charge in [0.1, 0.15) is 34.3 Å². The van der Waals surface area contributed by atoms with Crippen molar-refractivity contribution in [2.45, 2.75) is 44.0 Å². The number of benzene rings is 1. The average Bonchev–Trinajstić information content (AvgIpc) is 3.70. The van der Waals surface area contributed by atoms with Crippen molar-refractivity contribution in [3.63, 3.8) is 0 Å². The maximum Gasteiger partial charge on any atom is 0.352 e. The van der Waals surface area contributed by atoms with Gasteiger partial charge in [0.15, 0.2) is 24.1 Å². The third kappa shape index (κ3) is 6.86. The van der Waals surface area contributed by atoms with Crippen LogP contribution in [0.15, 0.2) is 59.3 Å². The first-order valence-electron chi connectivity index (χ1n) is 15.2. The van der Waals surface area contributed by atoms with Gasteiger partial charge in [0.05, 0.1) is 6.54 Å². The number of nitrogen functional groups attached to an aromatic ring is 2. The number of carbonyl (C=O) groups is 4. The number of hydrogen-bond acceptors (Lipinski definition) is 12. The number of thioether (sulfide) groups is 1. The second-order valence-electron chi connectivity index (χ2n) is 12.2. The van der Waals surface area contributed by atoms with Crippen molar-refractivity contribution >= 4 is 86.2 Å². The van der Waals surface area contributed by atoms with Gasteiger partial charge < -0.3 is 36.4 Å². The lowest BCUT2D eigenvalue weighted by atomic mass is 10.0. The zero-order valence-corrected chi connectivity index (χ0v) is 29.6. The lowest BCUT2D eigenvalue weighted by Gasteiger charge is -2.49. The number of amidine groups is 1. The molecule has 17 nitrogen and oxygen atoms in total. The Morgan fingerprint density at radius 1 is 1.29 bits per heavy atom. The van der Waals surface area contributed by atoms with E-state index >= 15 is 0 Å². The van der Waals surface area contributed by atoms with Crippen molar-refractivity contribution < 1.29 is 43.2 Å². The van der Waals surface area contributed by atoms with Crippen LogP contribution in [0.5, 0.6) is 0 Å². The van der Waals surface area contributed by atoms with Gasteiger partial charge in [0.2, 0.25) is 17.1 Å². The molecular weight excluding hydrogens is 743 g/mol. The van der Waals surface area contributed by atoms with Crippen LogP contribution in [0.1, 0.15) is 30.8 Å². The van der Waals surface area contributed by atoms with Crippen LogP contribution in [0.3, 0.4) is 0 Å². The van der Waals surface area contributed by atoms with E-state index in [0.717, 1.165) is 27.9 Å². The number of nitrogens with two attached hydrogens (primary N) is 2. The summed E-state index contributed by atoms with van der Waals surface area (Å²) in [6.45, 7) is 2.58. The van der Waals surface area contributed by atoms with Gasteiger partial charge in [0.25, 0.3) is 11.8 Å². The Hall–Kier alpha value is -5.60. The van der Waals surface area contributed by atoms with E-state index in [1.165, 1.54) is 31.7 Å². The van der Waals surface area contributed by atoms with Gasteiger partial charge in [-0.2, -0.15) is 13.9 Å². The SMILES string of the molecule is CC(C)(ON=C(C(=O)N[C@@H]1C(=O)N2C(C(=O)O)=C(C[n+]3ccc4ccn(Cc5c(F)cc(C(=N)N)cc5Cl)c4c3)CS[C@H]12)c1nsc(N)n1)C(=O)O. The number of carboxylic acid groups (broad SMARTS) is 2. The Morgan fingerprint density at radius 3 is 2.67 bits per heavy atom. The molecule has 1 fully saturated rings. The maximum atomic E-state index is 15.0. The first-order chi connectivity index (χ1) is 24.5. The van der Waals surface area contributed by atoms with Crippen molar-refractivity contribution in [3.05, 3.63) is 81.9 Å². The van der Waals surface area contributed by atoms with Crippen LogP contribution in [0.25, 0.3) is 10.9 Å². The molecule has 2 aliphatic rings. The van der Waals surface area contributed by atoms with E-state index < -0.39 is 52.3 Å². The number of nitrogens with zero attached hydrogens (tertiary/aromatic N) is 6. The molecule has 270 valence electrons. The zero-order chi connectivity index (χ0) is 37.6. The number of amides is 2. The Bertz CT molecular complexity index is 2230. The van der Waals surface area contributed by atoms with Crippen LogP contribution in [0.2, 0.25) is 5.02 Å². The highest BCUT2D eigenvalue weighted by molar-refractivity contribution is 8.00. The van der Waals surface area contributed by atoms with Crippen molar-refractivity contribution in [3.8, 4) is 0 Å². The molecular formula is C31H29ClFN10O7S2+. The second kappa shape index (κ2) is 13.8. The molecule has 8 N–H and O–H groups in total. The first-order valence-corrected chi connectivity index (χ1v) is 17.4. The number of fused-ring (bicyclic) bond motifs is 2. The Kier molecular flexibility index (Phi) is 9.64. The zero-order valence-electron chi connectivity index (χ0n) is 27.2. The number of β-lactam (4-membered cyclic amide) rings is 1. The molecule has 0 bridgehead atoms. The standard InChI is InChI=1S/C31H28ClFN10O7S2/c1-31(2,29(48)49)50-39-20(24-38-30(36)52-40-24)25(44)37-21-26(45)43-22(28(46)47)15(12-51-27(21)43)9-41-5-3-13-4-6-42(19(13)11-41)10-16-17(32)7-14(23(34)35)8-18(16)33/h3-8,11,21,27H,9-10,12H2,1-2H3,(H7-,34,35,36,37,38,40,44,46,47,48,49)/p+1/t21-,27-/m1/s1. The number of rotatable bonds is 12. The van der Waals surface area contributed by atoms with Crippen LogP contribution in [0, 0.1) is 11.2 Å². The molecule has 5 heterocycles. The molecule has 0 aliphatic carbocycles. The summed E-state index contributed by atoms with van der Waals surface area (Å²) in [5, 5.41) is 33.5. The van der Waals surface area contributed by atoms with Gasteiger partial charge in [-0.05, 0) is 32.0 Å². The molecule has 6 rings (SSSR count). The fourth-order valence-corrected chi connectivity index (χ4v) is 7.47. The topological polar surface area (TPSA) is 256 Å². The fourth-order valence-electron chi connectivity index (χ4n) is 5.43. The van der Waals surface area contributed by atoms with E-state index in [4.69, 9.17) is 33.3 Å². The van der Waals surface area contributed by atoms with Gasteiger partial charge in [-0.3, -0.25) is 19.9 Å². The van der Waals surface area contributed by atoms with E-state index in [0.29, 0.717) is 11.1 Å². The molecule has 0 spiro atoms. The lowest BCUT2D eigenvalue weighted by molar-refractivity contribution is -0.687. The molecule has 1 saturated heterocycles. The van der Waals surface area contributed by atoms with Crippen molar-refractivity contribution in [1.82, 2.24) is 24.1 Å². The number of carbonyl (C=O) groups excluding carboxylic acids is 2. The molecule has 21 heteroatoms. The highest BCUT2D eigenvalue weighted by Crippen LogP contribution is 2.40. The fraction of sp³-hybridized carbons (Fsp3) is 0.258. The summed E-state index contributed by atoms with van der Waals surface area (Å²) in [5.41, 5.74) is 10.0. The van der Waals surface area contributed by atoms with Gasteiger partial charge in [-0.1, -0.05) is 16.8 Å². The van der Waals surface area contributed by atoms with Crippen molar-refractivity contribution in [2.75, 3.05) is 11.5 Å². The summed E-state index contributed by atoms with van der Waals surface area (Å²) in [4.78, 5) is 61.0. The Morgan fingerprint density at radius 2 is 2.04 bits per heavy atom. The van der Waals surface area contributed by atoms with Crippen molar-refractivity contribution in [1.29, 1.82) is 5.41 Å². The average molecular weight is 772 g/mol. The first kappa shape index (κ1) is 36.2. The van der Waals surface area contributed by atoms with Gasteiger partial charge in [-0.15, -0.1) is 11.8 Å². The second-order valence-corrected chi connectivity index (χ2v) is 14.5. The maximum absolute atomic E-state index is 15.0. The van der Waals surface area contributed by atoms with Gasteiger partial charge in [-0.25, -0.2) is 14.0 Å². The van der Waals surface area contributed by atoms with E-state index in [1.807, 2.05) is 12.1 Å². The molecule has 0 saturated carbocycles. The number of oxime groups is 1. The monoisotopic (exact) mass is 771 g/mol. The molecule has 2 atom stereocenters. The lowest BCUT2D eigenvalue weighted by Crippen LogP contribution is -2.71. The number of nitrogens with one attached hydrogen (secondary N) is 2. The molecule has 2 aliphatic heterocycles. The van der Waals surface area contributed by atoms with Gasteiger partial charge >= 0.3 is 11.9 Å². The molecule has 3 aromatic heterocycles. The van der Waals surface area contributed by atoms with E-state index in [2.05, 4.69) is 19.8 Å². The predicted octanol–water partition coefficient (Wildman–Crippen LogP) is 1.51. The number of hydrogen-bond donors (Lipinski definition) is 6. The summed E-state index contributed by atoms with van der Waals surface area (Å²) in [7, 11) is 0. The van der Waals surface area contributed by atoms with Crippen LogP contribution in [-0.2, 0) is 37.1 Å². The van der Waals surface area contributed by atoms with E-state index in [-0.39, 0.29) is 57.5 Å². The highest BCUT2D eigenvalue weighted by Gasteiger charge is 2.55. The van der Waals surface area contributed by atoms with Crippen LogP contribution >= 0.6 is 34.9 Å². The van der Waals surface area contributed by atoms with E-state index in [1.54, 1.807) is 27.7 Å². The highest BCUT2D eigenvalue weighted by atomic mass is 35.5. The summed E-state index contributed by atoms with van der Waals surface area (Å²) in [6, 6.07) is 5.06. The van der Waals surface area contributed by atoms with Crippen molar-refractivity contribution in [2.24, 2.45) is 10.9 Å². The van der Waals surface area contributed by atoms with Gasteiger partial charge in [0, 0.05) is 56.7 Å². The summed E-state index contributed by atoms with van der Waals surface area (Å²) >= 11 is 8.34. The molecule has 1 aromatic carbocycles. The number of pyridine rings is 1.